The highest BCUT2D eigenvalue weighted by Crippen LogP contribution is 2.21. The van der Waals surface area contributed by atoms with E-state index in [9.17, 15) is 4.39 Å². The Kier molecular flexibility index (Phi) is 2.65. The molecule has 16 heavy (non-hydrogen) atoms. The fraction of sp³-hybridized carbons (Fsp3) is 0.538. The number of likely N-dealkylation sites (tertiary alicyclic amines) is 1. The average Bonchev–Trinajstić information content (AvgIpc) is 2.82. The predicted molar refractivity (Wildman–Crippen MR) is 59.6 cm³/mol. The Bertz CT molecular complexity index is 386. The maximum Gasteiger partial charge on any atom is 0.166 e. The van der Waals surface area contributed by atoms with Crippen LogP contribution in [0.1, 0.15) is 30.0 Å². The summed E-state index contributed by atoms with van der Waals surface area (Å²) in [4.78, 5) is 1.59. The van der Waals surface area contributed by atoms with Crippen LogP contribution >= 0.6 is 0 Å². The van der Waals surface area contributed by atoms with Gasteiger partial charge in [0.05, 0.1) is 18.7 Å². The molecule has 0 unspecified atom stereocenters. The van der Waals surface area contributed by atoms with Gasteiger partial charge >= 0.3 is 0 Å². The minimum atomic E-state index is 0.00926. The maximum absolute atomic E-state index is 13.9. The Labute approximate surface area is 95.4 Å². The minimum absolute atomic E-state index is 0.00926. The van der Waals surface area contributed by atoms with Gasteiger partial charge in [0.25, 0.3) is 0 Å². The van der Waals surface area contributed by atoms with Crippen LogP contribution in [0.3, 0.4) is 0 Å². The Hall–Kier alpha value is -0.930. The smallest absolute Gasteiger partial charge is 0.166 e. The first-order chi connectivity index (χ1) is 7.86. The topological polar surface area (TPSA) is 21.1 Å². The van der Waals surface area contributed by atoms with Crippen LogP contribution in [0.2, 0.25) is 0 Å². The van der Waals surface area contributed by atoms with Gasteiger partial charge in [0.15, 0.2) is 6.04 Å². The van der Waals surface area contributed by atoms with E-state index >= 15 is 0 Å². The van der Waals surface area contributed by atoms with Crippen LogP contribution in [-0.2, 0) is 6.54 Å². The SMILES string of the molecule is Fc1cccc2c1[C@@H]([NH+]1CCCC1)C[NH2+]C2. The van der Waals surface area contributed by atoms with Gasteiger partial charge in [0, 0.05) is 18.4 Å². The second-order valence-corrected chi connectivity index (χ2v) is 4.96. The molecule has 0 radical (unpaired) electrons. The lowest BCUT2D eigenvalue weighted by atomic mass is 9.95. The molecule has 2 aliphatic rings. The van der Waals surface area contributed by atoms with Gasteiger partial charge in [-0.3, -0.25) is 0 Å². The van der Waals surface area contributed by atoms with Crippen LogP contribution in [0.25, 0.3) is 0 Å². The molecule has 1 fully saturated rings. The normalized spacial score (nSPS) is 25.7. The summed E-state index contributed by atoms with van der Waals surface area (Å²) >= 11 is 0. The zero-order chi connectivity index (χ0) is 11.0. The number of quaternary nitrogens is 2. The standard InChI is InChI=1S/C13H17FN2/c14-11-5-3-4-10-8-15-9-12(13(10)11)16-6-1-2-7-16/h3-5,12,15H,1-2,6-9H2/p+2/t12-/m0/s1. The highest BCUT2D eigenvalue weighted by atomic mass is 19.1. The molecule has 0 amide bonds. The molecule has 1 aromatic rings. The number of nitrogens with one attached hydrogen (secondary N) is 1. The van der Waals surface area contributed by atoms with Crippen LogP contribution in [0, 0.1) is 5.82 Å². The lowest BCUT2D eigenvalue weighted by Gasteiger charge is -2.28. The molecule has 0 aliphatic carbocycles. The van der Waals surface area contributed by atoms with Gasteiger partial charge in [0.2, 0.25) is 0 Å². The number of halogens is 1. The van der Waals surface area contributed by atoms with Crippen molar-refractivity contribution in [2.24, 2.45) is 0 Å². The molecule has 0 spiro atoms. The van der Waals surface area contributed by atoms with Crippen LogP contribution in [-0.4, -0.2) is 19.6 Å². The van der Waals surface area contributed by atoms with Crippen molar-refractivity contribution in [1.82, 2.24) is 0 Å². The first-order valence-corrected chi connectivity index (χ1v) is 6.30. The highest BCUT2D eigenvalue weighted by molar-refractivity contribution is 5.30. The fourth-order valence-corrected chi connectivity index (χ4v) is 3.22. The van der Waals surface area contributed by atoms with Gasteiger partial charge in [-0.15, -0.1) is 0 Å². The number of rotatable bonds is 1. The Balaban J connectivity index is 1.98. The van der Waals surface area contributed by atoms with E-state index in [2.05, 4.69) is 11.4 Å². The van der Waals surface area contributed by atoms with E-state index in [1.165, 1.54) is 31.5 Å². The molecule has 2 aliphatic heterocycles. The van der Waals surface area contributed by atoms with Gasteiger partial charge in [-0.2, -0.15) is 0 Å². The van der Waals surface area contributed by atoms with Gasteiger partial charge < -0.3 is 10.2 Å². The zero-order valence-corrected chi connectivity index (χ0v) is 9.51. The number of hydrogen-bond acceptors (Lipinski definition) is 0. The number of fused-ring (bicyclic) bond motifs is 1. The number of hydrogen-bond donors (Lipinski definition) is 2. The fourth-order valence-electron chi connectivity index (χ4n) is 3.22. The zero-order valence-electron chi connectivity index (χ0n) is 9.51. The Morgan fingerprint density at radius 3 is 2.88 bits per heavy atom. The third-order valence-electron chi connectivity index (χ3n) is 4.00. The summed E-state index contributed by atoms with van der Waals surface area (Å²) < 4.78 is 13.9. The largest absolute Gasteiger partial charge is 0.337 e. The lowest BCUT2D eigenvalue weighted by Crippen LogP contribution is -3.13. The van der Waals surface area contributed by atoms with Crippen LogP contribution in [0.15, 0.2) is 18.2 Å². The monoisotopic (exact) mass is 222 g/mol. The van der Waals surface area contributed by atoms with E-state index in [0.717, 1.165) is 18.7 Å². The third kappa shape index (κ3) is 1.64. The summed E-state index contributed by atoms with van der Waals surface area (Å²) in [6, 6.07) is 5.92. The van der Waals surface area contributed by atoms with E-state index in [0.29, 0.717) is 6.04 Å². The van der Waals surface area contributed by atoms with E-state index in [1.807, 2.05) is 6.07 Å². The van der Waals surface area contributed by atoms with Crippen molar-refractivity contribution in [2.75, 3.05) is 19.6 Å². The van der Waals surface area contributed by atoms with Gasteiger partial charge in [0.1, 0.15) is 18.9 Å². The van der Waals surface area contributed by atoms with Crippen molar-refractivity contribution in [3.63, 3.8) is 0 Å². The van der Waals surface area contributed by atoms with Gasteiger partial charge in [-0.05, 0) is 6.07 Å². The second kappa shape index (κ2) is 4.15. The first kappa shape index (κ1) is 10.2. The molecule has 3 rings (SSSR count). The van der Waals surface area contributed by atoms with Crippen LogP contribution in [0.5, 0.6) is 0 Å². The summed E-state index contributed by atoms with van der Waals surface area (Å²) in [5.41, 5.74) is 2.21. The van der Waals surface area contributed by atoms with Crippen LogP contribution < -0.4 is 10.2 Å². The second-order valence-electron chi connectivity index (χ2n) is 4.96. The van der Waals surface area contributed by atoms with Crippen molar-refractivity contribution in [3.05, 3.63) is 35.1 Å². The molecule has 86 valence electrons. The molecule has 1 atom stereocenters. The van der Waals surface area contributed by atoms with E-state index < -0.39 is 0 Å². The maximum atomic E-state index is 13.9. The first-order valence-electron chi connectivity index (χ1n) is 6.30. The lowest BCUT2D eigenvalue weighted by molar-refractivity contribution is -0.937. The molecule has 0 aromatic heterocycles. The molecule has 1 saturated heterocycles. The van der Waals surface area contributed by atoms with Gasteiger partial charge in [-0.25, -0.2) is 4.39 Å². The van der Waals surface area contributed by atoms with E-state index in [-0.39, 0.29) is 5.82 Å². The summed E-state index contributed by atoms with van der Waals surface area (Å²) in [5.74, 6) is 0.00926. The quantitative estimate of drug-likeness (QED) is 0.646. The molecular formula is C13H19FN2+2. The summed E-state index contributed by atoms with van der Waals surface area (Å²) in [6.45, 7) is 4.42. The number of benzene rings is 1. The van der Waals surface area contributed by atoms with Crippen molar-refractivity contribution < 1.29 is 14.6 Å². The highest BCUT2D eigenvalue weighted by Gasteiger charge is 2.35. The summed E-state index contributed by atoms with van der Waals surface area (Å²) in [6.07, 6.45) is 2.60. The van der Waals surface area contributed by atoms with Gasteiger partial charge in [-0.1, -0.05) is 12.1 Å². The van der Waals surface area contributed by atoms with Crippen molar-refractivity contribution in [1.29, 1.82) is 0 Å². The summed E-state index contributed by atoms with van der Waals surface area (Å²) in [5, 5.41) is 2.32. The van der Waals surface area contributed by atoms with Crippen LogP contribution in [0.4, 0.5) is 4.39 Å². The Morgan fingerprint density at radius 1 is 1.25 bits per heavy atom. The molecule has 3 N–H and O–H groups in total. The molecule has 0 bridgehead atoms. The number of nitrogens with two attached hydrogens (primary N) is 1. The third-order valence-corrected chi connectivity index (χ3v) is 4.00. The average molecular weight is 222 g/mol. The molecule has 2 nitrogen and oxygen atoms in total. The summed E-state index contributed by atoms with van der Waals surface area (Å²) in [7, 11) is 0. The van der Waals surface area contributed by atoms with Crippen molar-refractivity contribution in [2.45, 2.75) is 25.4 Å². The molecule has 3 heteroatoms. The van der Waals surface area contributed by atoms with E-state index in [4.69, 9.17) is 0 Å². The molecule has 2 heterocycles. The molecular weight excluding hydrogens is 203 g/mol. The minimum Gasteiger partial charge on any atom is -0.337 e. The molecule has 0 saturated carbocycles. The molecule has 1 aromatic carbocycles. The Morgan fingerprint density at radius 2 is 2.06 bits per heavy atom. The van der Waals surface area contributed by atoms with E-state index in [1.54, 1.807) is 11.0 Å². The van der Waals surface area contributed by atoms with Crippen molar-refractivity contribution in [3.8, 4) is 0 Å². The predicted octanol–water partition coefficient (Wildman–Crippen LogP) is -0.377. The van der Waals surface area contributed by atoms with Crippen molar-refractivity contribution >= 4 is 0 Å².